The molecule has 0 aliphatic carbocycles. The number of nitroso groups, excluding NO2 is 1. The minimum atomic E-state index is -1.36. The summed E-state index contributed by atoms with van der Waals surface area (Å²) >= 11 is 0. The summed E-state index contributed by atoms with van der Waals surface area (Å²) in [6.07, 6.45) is 0. The van der Waals surface area contributed by atoms with Crippen LogP contribution in [-0.4, -0.2) is 53.5 Å². The zero-order valence-corrected chi connectivity index (χ0v) is 18.6. The van der Waals surface area contributed by atoms with E-state index in [4.69, 9.17) is 23.9 Å². The van der Waals surface area contributed by atoms with Gasteiger partial charge in [0.25, 0.3) is 5.56 Å². The largest absolute Gasteiger partial charge is 0.459 e. The predicted octanol–water partition coefficient (Wildman–Crippen LogP) is 1.85. The van der Waals surface area contributed by atoms with Crippen molar-refractivity contribution in [2.45, 2.75) is 25.7 Å². The molecule has 1 aromatic carbocycles. The summed E-state index contributed by atoms with van der Waals surface area (Å²) in [4.78, 5) is 44.2. The summed E-state index contributed by atoms with van der Waals surface area (Å²) in [5.74, 6) is 0.541. The Morgan fingerprint density at radius 2 is 1.83 bits per heavy atom. The molecule has 178 valence electrons. The quantitative estimate of drug-likeness (QED) is 0.322. The fourth-order valence-electron chi connectivity index (χ4n) is 5.36. The highest BCUT2D eigenvalue weighted by Crippen LogP contribution is 2.42. The molecule has 0 bridgehead atoms. The second-order valence-electron chi connectivity index (χ2n) is 9.00. The number of pyridine rings is 2. The minimum Gasteiger partial charge on any atom is -0.459 e. The highest BCUT2D eigenvalue weighted by atomic mass is 16.7. The SMILES string of the molecule is O=NC1C(=O)OCc2c1cc1n(c2=O)Cc2c-1nc1cc3c(cc1c2CN1CCOCC1)OCO3. The molecule has 1 fully saturated rings. The normalized spacial score (nSPS) is 20.3. The number of hydrogen-bond donors (Lipinski definition) is 0. The number of rotatable bonds is 3. The Labute approximate surface area is 198 Å². The molecule has 0 radical (unpaired) electrons. The topological polar surface area (TPSA) is 122 Å². The number of aromatic nitrogens is 2. The molecule has 35 heavy (non-hydrogen) atoms. The van der Waals surface area contributed by atoms with Gasteiger partial charge in [0.2, 0.25) is 12.8 Å². The van der Waals surface area contributed by atoms with E-state index in [-0.39, 0.29) is 24.5 Å². The van der Waals surface area contributed by atoms with Gasteiger partial charge in [0.15, 0.2) is 11.5 Å². The fraction of sp³-hybridized carbons (Fsp3) is 0.375. The molecule has 6 heterocycles. The van der Waals surface area contributed by atoms with Gasteiger partial charge in [-0.05, 0) is 22.9 Å². The number of esters is 1. The van der Waals surface area contributed by atoms with Crippen molar-refractivity contribution in [3.05, 3.63) is 55.7 Å². The van der Waals surface area contributed by atoms with Crippen LogP contribution in [0.1, 0.15) is 28.3 Å². The van der Waals surface area contributed by atoms with Gasteiger partial charge < -0.3 is 23.5 Å². The maximum absolute atomic E-state index is 13.4. The van der Waals surface area contributed by atoms with Crippen molar-refractivity contribution in [2.75, 3.05) is 33.1 Å². The van der Waals surface area contributed by atoms with Gasteiger partial charge in [-0.1, -0.05) is 0 Å². The number of nitrogens with zero attached hydrogens (tertiary/aromatic N) is 4. The molecule has 3 aromatic rings. The zero-order chi connectivity index (χ0) is 23.7. The average molecular weight is 476 g/mol. The lowest BCUT2D eigenvalue weighted by Crippen LogP contribution is -2.36. The number of benzene rings is 1. The molecule has 7 rings (SSSR count). The Bertz CT molecular complexity index is 1490. The molecule has 4 aliphatic heterocycles. The van der Waals surface area contributed by atoms with E-state index in [1.54, 1.807) is 10.6 Å². The van der Waals surface area contributed by atoms with E-state index in [0.717, 1.165) is 35.1 Å². The van der Waals surface area contributed by atoms with Crippen molar-refractivity contribution in [1.29, 1.82) is 0 Å². The van der Waals surface area contributed by atoms with E-state index in [9.17, 15) is 14.5 Å². The molecule has 0 N–H and O–H groups in total. The van der Waals surface area contributed by atoms with Crippen LogP contribution >= 0.6 is 0 Å². The lowest BCUT2D eigenvalue weighted by molar-refractivity contribution is -0.148. The standard InChI is InChI=1S/C24H20N4O7/c29-23-16-10-33-24(30)22(26-31)13(16)5-18-21-15(9-28(18)23)14(8-27-1-3-32-4-2-27)12-6-19-20(35-11-34-19)7-17(12)25-21/h5-7,22H,1-4,8-11H2. The predicted molar refractivity (Wildman–Crippen MR) is 121 cm³/mol. The molecule has 1 unspecified atom stereocenters. The second kappa shape index (κ2) is 7.59. The third kappa shape index (κ3) is 3.01. The lowest BCUT2D eigenvalue weighted by atomic mass is 9.97. The van der Waals surface area contributed by atoms with E-state index in [2.05, 4.69) is 10.1 Å². The zero-order valence-electron chi connectivity index (χ0n) is 18.6. The second-order valence-corrected chi connectivity index (χ2v) is 9.00. The highest BCUT2D eigenvalue weighted by molar-refractivity contribution is 5.91. The Morgan fingerprint density at radius 1 is 1.03 bits per heavy atom. The van der Waals surface area contributed by atoms with Gasteiger partial charge in [0, 0.05) is 42.2 Å². The molecule has 1 atom stereocenters. The summed E-state index contributed by atoms with van der Waals surface area (Å²) in [5.41, 5.74) is 4.21. The van der Waals surface area contributed by atoms with Gasteiger partial charge >= 0.3 is 5.97 Å². The van der Waals surface area contributed by atoms with E-state index >= 15 is 0 Å². The summed E-state index contributed by atoms with van der Waals surface area (Å²) < 4.78 is 23.4. The first-order chi connectivity index (χ1) is 17.1. The van der Waals surface area contributed by atoms with Crippen LogP contribution in [0.25, 0.3) is 22.3 Å². The van der Waals surface area contributed by atoms with Crippen molar-refractivity contribution in [3.63, 3.8) is 0 Å². The number of fused-ring (bicyclic) bond motifs is 6. The van der Waals surface area contributed by atoms with Gasteiger partial charge in [0.1, 0.15) is 6.61 Å². The molecule has 0 spiro atoms. The Balaban J connectivity index is 1.46. The molecule has 11 heteroatoms. The van der Waals surface area contributed by atoms with Crippen LogP contribution in [0.2, 0.25) is 0 Å². The number of carbonyl (C=O) groups is 1. The number of morpholine rings is 1. The monoisotopic (exact) mass is 476 g/mol. The molecular formula is C24H20N4O7. The molecule has 4 aliphatic rings. The van der Waals surface area contributed by atoms with Gasteiger partial charge in [0.05, 0.1) is 42.2 Å². The molecular weight excluding hydrogens is 456 g/mol. The third-order valence-corrected chi connectivity index (χ3v) is 7.16. The first-order valence-corrected chi connectivity index (χ1v) is 11.4. The Morgan fingerprint density at radius 3 is 2.63 bits per heavy atom. The summed E-state index contributed by atoms with van der Waals surface area (Å²) in [6.45, 7) is 3.91. The van der Waals surface area contributed by atoms with Gasteiger partial charge in [-0.25, -0.2) is 9.78 Å². The first-order valence-electron chi connectivity index (χ1n) is 11.4. The lowest BCUT2D eigenvalue weighted by Gasteiger charge is -2.28. The molecule has 2 aromatic heterocycles. The molecule has 0 amide bonds. The number of hydrogen-bond acceptors (Lipinski definition) is 10. The van der Waals surface area contributed by atoms with E-state index in [0.29, 0.717) is 54.8 Å². The van der Waals surface area contributed by atoms with Crippen molar-refractivity contribution in [2.24, 2.45) is 5.18 Å². The van der Waals surface area contributed by atoms with Crippen molar-refractivity contribution >= 4 is 16.9 Å². The van der Waals surface area contributed by atoms with Crippen molar-refractivity contribution < 1.29 is 23.7 Å². The smallest absolute Gasteiger partial charge is 0.339 e. The van der Waals surface area contributed by atoms with Crippen molar-refractivity contribution in [1.82, 2.24) is 14.5 Å². The average Bonchev–Trinajstić information content (AvgIpc) is 3.48. The van der Waals surface area contributed by atoms with Crippen LogP contribution in [0.15, 0.2) is 28.2 Å². The summed E-state index contributed by atoms with van der Waals surface area (Å²) in [6, 6.07) is 4.14. The first kappa shape index (κ1) is 20.5. The summed E-state index contributed by atoms with van der Waals surface area (Å²) in [7, 11) is 0. The van der Waals surface area contributed by atoms with Crippen LogP contribution in [0.3, 0.4) is 0 Å². The van der Waals surface area contributed by atoms with E-state index in [1.165, 1.54) is 0 Å². The van der Waals surface area contributed by atoms with Crippen LogP contribution in [0.5, 0.6) is 11.5 Å². The highest BCUT2D eigenvalue weighted by Gasteiger charge is 2.37. The van der Waals surface area contributed by atoms with Crippen LogP contribution < -0.4 is 15.0 Å². The summed E-state index contributed by atoms with van der Waals surface area (Å²) in [5, 5.41) is 3.88. The molecule has 0 saturated carbocycles. The number of ether oxygens (including phenoxy) is 4. The third-order valence-electron chi connectivity index (χ3n) is 7.16. The van der Waals surface area contributed by atoms with Crippen LogP contribution in [-0.2, 0) is 34.0 Å². The number of carbonyl (C=O) groups excluding carboxylic acids is 1. The van der Waals surface area contributed by atoms with Gasteiger partial charge in [-0.2, -0.15) is 0 Å². The van der Waals surface area contributed by atoms with E-state index in [1.807, 2.05) is 12.1 Å². The molecule has 1 saturated heterocycles. The number of cyclic esters (lactones) is 1. The van der Waals surface area contributed by atoms with Crippen molar-refractivity contribution in [3.8, 4) is 22.9 Å². The van der Waals surface area contributed by atoms with Crippen LogP contribution in [0, 0.1) is 4.91 Å². The fourth-order valence-corrected chi connectivity index (χ4v) is 5.36. The van der Waals surface area contributed by atoms with Gasteiger partial charge in [-0.3, -0.25) is 9.69 Å². The Hall–Kier alpha value is -3.83. The maximum Gasteiger partial charge on any atom is 0.339 e. The van der Waals surface area contributed by atoms with Crippen LogP contribution in [0.4, 0.5) is 0 Å². The minimum absolute atomic E-state index is 0.157. The Kier molecular flexibility index (Phi) is 4.45. The van der Waals surface area contributed by atoms with Gasteiger partial charge in [-0.15, -0.1) is 4.91 Å². The maximum atomic E-state index is 13.4. The molecule has 11 nitrogen and oxygen atoms in total. The van der Waals surface area contributed by atoms with E-state index < -0.39 is 12.0 Å².